The van der Waals surface area contributed by atoms with Gasteiger partial charge in [0.2, 0.25) is 0 Å². The number of rotatable bonds is 2. The minimum absolute atomic E-state index is 0.774. The molecule has 0 saturated heterocycles. The van der Waals surface area contributed by atoms with Gasteiger partial charge in [-0.05, 0) is 82.0 Å². The van der Waals surface area contributed by atoms with Crippen LogP contribution in [-0.2, 0) is 12.8 Å². The molecule has 0 heterocycles. The summed E-state index contributed by atoms with van der Waals surface area (Å²) in [4.78, 5) is 0. The molecule has 0 amide bonds. The standard InChI is InChI=1S/C26H21Cl/c27-20-14-12-19(13-15-20)22-16-17-26(25-10-4-3-9-23(22)25)24-11-5-7-18-6-1-2-8-21(18)24/h3-5,7,9-17H,1-2,6,8H2. The zero-order chi connectivity index (χ0) is 18.2. The van der Waals surface area contributed by atoms with E-state index in [9.17, 15) is 0 Å². The molecule has 0 unspecified atom stereocenters. The lowest BCUT2D eigenvalue weighted by molar-refractivity contribution is 0.687. The normalized spacial score (nSPS) is 13.5. The molecule has 4 aromatic carbocycles. The van der Waals surface area contributed by atoms with Gasteiger partial charge in [-0.15, -0.1) is 0 Å². The summed E-state index contributed by atoms with van der Waals surface area (Å²) in [5, 5.41) is 3.39. The Balaban J connectivity index is 1.74. The van der Waals surface area contributed by atoms with Crippen LogP contribution in [0.25, 0.3) is 33.0 Å². The van der Waals surface area contributed by atoms with E-state index < -0.39 is 0 Å². The molecule has 0 fully saturated rings. The lowest BCUT2D eigenvalue weighted by atomic mass is 9.84. The van der Waals surface area contributed by atoms with Crippen molar-refractivity contribution in [3.05, 3.63) is 95.0 Å². The zero-order valence-corrected chi connectivity index (χ0v) is 16.0. The first-order chi connectivity index (χ1) is 13.3. The van der Waals surface area contributed by atoms with Crippen LogP contribution in [0, 0.1) is 0 Å². The van der Waals surface area contributed by atoms with Gasteiger partial charge in [0.05, 0.1) is 0 Å². The fraction of sp³-hybridized carbons (Fsp3) is 0.154. The van der Waals surface area contributed by atoms with E-state index in [0.29, 0.717) is 0 Å². The second kappa shape index (κ2) is 6.87. The molecule has 0 radical (unpaired) electrons. The van der Waals surface area contributed by atoms with Gasteiger partial charge in [-0.25, -0.2) is 0 Å². The van der Waals surface area contributed by atoms with Crippen LogP contribution < -0.4 is 0 Å². The van der Waals surface area contributed by atoms with Crippen molar-refractivity contribution in [3.8, 4) is 22.3 Å². The first-order valence-electron chi connectivity index (χ1n) is 9.70. The molecule has 1 heteroatoms. The number of halogens is 1. The fourth-order valence-electron chi connectivity index (χ4n) is 4.45. The third-order valence-electron chi connectivity index (χ3n) is 5.77. The highest BCUT2D eigenvalue weighted by molar-refractivity contribution is 6.30. The van der Waals surface area contributed by atoms with Gasteiger partial charge in [0.1, 0.15) is 0 Å². The van der Waals surface area contributed by atoms with Crippen molar-refractivity contribution >= 4 is 22.4 Å². The highest BCUT2D eigenvalue weighted by atomic mass is 35.5. The van der Waals surface area contributed by atoms with Crippen molar-refractivity contribution < 1.29 is 0 Å². The molecule has 0 aliphatic heterocycles. The third kappa shape index (κ3) is 2.95. The average Bonchev–Trinajstić information content (AvgIpc) is 2.73. The summed E-state index contributed by atoms with van der Waals surface area (Å²) in [6.07, 6.45) is 5.01. The Hall–Kier alpha value is -2.57. The highest BCUT2D eigenvalue weighted by Gasteiger charge is 2.16. The average molecular weight is 369 g/mol. The molecule has 5 rings (SSSR count). The quantitative estimate of drug-likeness (QED) is 0.340. The van der Waals surface area contributed by atoms with Gasteiger partial charge < -0.3 is 0 Å². The van der Waals surface area contributed by atoms with E-state index in [1.165, 1.54) is 64.3 Å². The van der Waals surface area contributed by atoms with Crippen LogP contribution in [0.5, 0.6) is 0 Å². The first kappa shape index (κ1) is 16.6. The largest absolute Gasteiger partial charge is 0.0843 e. The monoisotopic (exact) mass is 368 g/mol. The van der Waals surface area contributed by atoms with Crippen LogP contribution in [-0.4, -0.2) is 0 Å². The van der Waals surface area contributed by atoms with Gasteiger partial charge in [-0.2, -0.15) is 0 Å². The lowest BCUT2D eigenvalue weighted by Crippen LogP contribution is -2.04. The summed E-state index contributed by atoms with van der Waals surface area (Å²) in [7, 11) is 0. The maximum Gasteiger partial charge on any atom is 0.0406 e. The molecular formula is C26H21Cl. The summed E-state index contributed by atoms with van der Waals surface area (Å²) in [6.45, 7) is 0. The van der Waals surface area contributed by atoms with E-state index in [2.05, 4.69) is 66.7 Å². The van der Waals surface area contributed by atoms with Gasteiger partial charge in [0.25, 0.3) is 0 Å². The topological polar surface area (TPSA) is 0 Å². The maximum absolute atomic E-state index is 6.09. The van der Waals surface area contributed by atoms with Crippen LogP contribution in [0.4, 0.5) is 0 Å². The second-order valence-corrected chi connectivity index (χ2v) is 7.80. The number of benzene rings is 4. The van der Waals surface area contributed by atoms with Crippen molar-refractivity contribution in [2.24, 2.45) is 0 Å². The van der Waals surface area contributed by atoms with E-state index in [1.807, 2.05) is 12.1 Å². The fourth-order valence-corrected chi connectivity index (χ4v) is 4.57. The second-order valence-electron chi connectivity index (χ2n) is 7.36. The highest BCUT2D eigenvalue weighted by Crippen LogP contribution is 2.39. The molecule has 4 aromatic rings. The Morgan fingerprint density at radius 2 is 1.26 bits per heavy atom. The van der Waals surface area contributed by atoms with Crippen LogP contribution in [0.3, 0.4) is 0 Å². The molecule has 0 saturated carbocycles. The van der Waals surface area contributed by atoms with Crippen molar-refractivity contribution in [2.75, 3.05) is 0 Å². The van der Waals surface area contributed by atoms with E-state index in [0.717, 1.165) is 5.02 Å². The maximum atomic E-state index is 6.09. The molecule has 0 N–H and O–H groups in total. The van der Waals surface area contributed by atoms with Crippen molar-refractivity contribution in [1.82, 2.24) is 0 Å². The van der Waals surface area contributed by atoms with E-state index in [4.69, 9.17) is 11.6 Å². The molecule has 1 aliphatic rings. The Kier molecular flexibility index (Phi) is 4.22. The predicted molar refractivity (Wildman–Crippen MR) is 116 cm³/mol. The van der Waals surface area contributed by atoms with E-state index in [1.54, 1.807) is 5.56 Å². The minimum Gasteiger partial charge on any atom is -0.0843 e. The van der Waals surface area contributed by atoms with Gasteiger partial charge in [-0.1, -0.05) is 78.3 Å². The van der Waals surface area contributed by atoms with Crippen molar-refractivity contribution in [1.29, 1.82) is 0 Å². The van der Waals surface area contributed by atoms with Crippen molar-refractivity contribution in [2.45, 2.75) is 25.7 Å². The van der Waals surface area contributed by atoms with Crippen LogP contribution in [0.15, 0.2) is 78.9 Å². The van der Waals surface area contributed by atoms with Crippen molar-refractivity contribution in [3.63, 3.8) is 0 Å². The third-order valence-corrected chi connectivity index (χ3v) is 6.02. The Morgan fingerprint density at radius 3 is 2.07 bits per heavy atom. The van der Waals surface area contributed by atoms with Gasteiger partial charge in [-0.3, -0.25) is 0 Å². The van der Waals surface area contributed by atoms with Crippen LogP contribution >= 0.6 is 11.6 Å². The van der Waals surface area contributed by atoms with Gasteiger partial charge >= 0.3 is 0 Å². The molecule has 0 aromatic heterocycles. The van der Waals surface area contributed by atoms with Gasteiger partial charge in [0, 0.05) is 5.02 Å². The Morgan fingerprint density at radius 1 is 0.556 bits per heavy atom. The number of aryl methyl sites for hydroxylation is 1. The lowest BCUT2D eigenvalue weighted by Gasteiger charge is -2.21. The molecule has 0 spiro atoms. The van der Waals surface area contributed by atoms with Gasteiger partial charge in [0.15, 0.2) is 0 Å². The summed E-state index contributed by atoms with van der Waals surface area (Å²) in [6, 6.07) is 28.3. The summed E-state index contributed by atoms with van der Waals surface area (Å²) >= 11 is 6.09. The van der Waals surface area contributed by atoms with E-state index in [-0.39, 0.29) is 0 Å². The zero-order valence-electron chi connectivity index (χ0n) is 15.2. The minimum atomic E-state index is 0.774. The SMILES string of the molecule is Clc1ccc(-c2ccc(-c3cccc4c3CCCC4)c3ccccc23)cc1. The molecule has 1 aliphatic carbocycles. The number of hydrogen-bond acceptors (Lipinski definition) is 0. The summed E-state index contributed by atoms with van der Waals surface area (Å²) in [5.41, 5.74) is 8.30. The van der Waals surface area contributed by atoms with Crippen LogP contribution in [0.1, 0.15) is 24.0 Å². The molecule has 0 bridgehead atoms. The molecule has 0 nitrogen and oxygen atoms in total. The Bertz CT molecular complexity index is 1120. The smallest absolute Gasteiger partial charge is 0.0406 e. The molecule has 0 atom stereocenters. The van der Waals surface area contributed by atoms with Crippen LogP contribution in [0.2, 0.25) is 5.02 Å². The summed E-state index contributed by atoms with van der Waals surface area (Å²) in [5.74, 6) is 0. The summed E-state index contributed by atoms with van der Waals surface area (Å²) < 4.78 is 0. The number of fused-ring (bicyclic) bond motifs is 2. The predicted octanol–water partition coefficient (Wildman–Crippen LogP) is 7.71. The molecule has 27 heavy (non-hydrogen) atoms. The number of hydrogen-bond donors (Lipinski definition) is 0. The molecular weight excluding hydrogens is 348 g/mol. The van der Waals surface area contributed by atoms with E-state index >= 15 is 0 Å². The molecule has 132 valence electrons. The Labute approximate surface area is 165 Å². The first-order valence-corrected chi connectivity index (χ1v) is 10.1.